The lowest BCUT2D eigenvalue weighted by atomic mass is 10.2. The predicted molar refractivity (Wildman–Crippen MR) is 107 cm³/mol. The van der Waals surface area contributed by atoms with Crippen LogP contribution in [0, 0.1) is 12.7 Å². The van der Waals surface area contributed by atoms with Crippen molar-refractivity contribution >= 4 is 23.5 Å². The highest BCUT2D eigenvalue weighted by Gasteiger charge is 2.10. The minimum atomic E-state index is -0.235. The molecule has 0 aliphatic heterocycles. The molecule has 0 atom stereocenters. The number of anilines is 1. The summed E-state index contributed by atoms with van der Waals surface area (Å²) in [5.74, 6) is 1.26. The van der Waals surface area contributed by atoms with Crippen LogP contribution in [-0.4, -0.2) is 21.4 Å². The number of amides is 1. The van der Waals surface area contributed by atoms with Gasteiger partial charge in [0.25, 0.3) is 0 Å². The van der Waals surface area contributed by atoms with Crippen LogP contribution in [0.5, 0.6) is 0 Å². The Morgan fingerprint density at radius 3 is 2.63 bits per heavy atom. The van der Waals surface area contributed by atoms with Crippen molar-refractivity contribution in [2.24, 2.45) is 0 Å². The van der Waals surface area contributed by atoms with Gasteiger partial charge < -0.3 is 5.32 Å². The molecule has 0 radical (unpaired) electrons. The fourth-order valence-electron chi connectivity index (χ4n) is 2.68. The van der Waals surface area contributed by atoms with Crippen molar-refractivity contribution < 1.29 is 9.18 Å². The number of carbonyl (C=O) groups is 1. The van der Waals surface area contributed by atoms with Crippen LogP contribution in [0.2, 0.25) is 0 Å². The Bertz CT molecular complexity index is 878. The molecule has 3 rings (SSSR count). The highest BCUT2D eigenvalue weighted by Crippen LogP contribution is 2.20. The number of benzene rings is 2. The van der Waals surface area contributed by atoms with Crippen LogP contribution < -0.4 is 5.32 Å². The average molecular weight is 383 g/mol. The monoisotopic (exact) mass is 383 g/mol. The van der Waals surface area contributed by atoms with Gasteiger partial charge in [-0.15, -0.1) is 11.8 Å². The van der Waals surface area contributed by atoms with E-state index >= 15 is 0 Å². The van der Waals surface area contributed by atoms with Gasteiger partial charge in [-0.25, -0.2) is 9.07 Å². The number of nitrogens with zero attached hydrogens (tertiary/aromatic N) is 2. The molecule has 0 saturated carbocycles. The van der Waals surface area contributed by atoms with E-state index in [-0.39, 0.29) is 11.7 Å². The second-order valence-electron chi connectivity index (χ2n) is 6.27. The third-order valence-electron chi connectivity index (χ3n) is 3.98. The lowest BCUT2D eigenvalue weighted by molar-refractivity contribution is -0.116. The first-order valence-electron chi connectivity index (χ1n) is 8.87. The summed E-state index contributed by atoms with van der Waals surface area (Å²) in [6.07, 6.45) is 1.18. The first-order valence-corrected chi connectivity index (χ1v) is 9.85. The molecule has 1 N–H and O–H groups in total. The van der Waals surface area contributed by atoms with Crippen LogP contribution >= 0.6 is 11.8 Å². The Hall–Kier alpha value is -2.60. The highest BCUT2D eigenvalue weighted by molar-refractivity contribution is 7.99. The number of rotatable bonds is 8. The second-order valence-corrected chi connectivity index (χ2v) is 7.44. The quantitative estimate of drug-likeness (QED) is 0.445. The van der Waals surface area contributed by atoms with Gasteiger partial charge in [0, 0.05) is 17.4 Å². The van der Waals surface area contributed by atoms with Gasteiger partial charge in [-0.05, 0) is 48.9 Å². The molecule has 2 aromatic carbocycles. The van der Waals surface area contributed by atoms with E-state index < -0.39 is 0 Å². The summed E-state index contributed by atoms with van der Waals surface area (Å²) in [6, 6.07) is 18.3. The maximum Gasteiger partial charge on any atom is 0.225 e. The first kappa shape index (κ1) is 19.2. The molecule has 0 aliphatic carbocycles. The van der Waals surface area contributed by atoms with Crippen molar-refractivity contribution in [2.45, 2.75) is 31.2 Å². The van der Waals surface area contributed by atoms with E-state index in [0.717, 1.165) is 28.3 Å². The van der Waals surface area contributed by atoms with Crippen LogP contribution in [-0.2, 0) is 11.3 Å². The Kier molecular flexibility index (Phi) is 6.65. The van der Waals surface area contributed by atoms with Gasteiger partial charge in [-0.2, -0.15) is 5.10 Å². The van der Waals surface area contributed by atoms with Gasteiger partial charge in [-0.1, -0.05) is 30.3 Å². The summed E-state index contributed by atoms with van der Waals surface area (Å²) in [5, 5.41) is 7.43. The molecule has 0 fully saturated rings. The highest BCUT2D eigenvalue weighted by atomic mass is 32.2. The summed E-state index contributed by atoms with van der Waals surface area (Å²) in [7, 11) is 0. The lowest BCUT2D eigenvalue weighted by Crippen LogP contribution is -2.16. The topological polar surface area (TPSA) is 46.9 Å². The number of aromatic nitrogens is 2. The summed E-state index contributed by atoms with van der Waals surface area (Å²) in [5.41, 5.74) is 2.00. The molecule has 0 saturated heterocycles. The largest absolute Gasteiger partial charge is 0.311 e. The smallest absolute Gasteiger partial charge is 0.225 e. The van der Waals surface area contributed by atoms with Crippen molar-refractivity contribution in [1.82, 2.24) is 9.78 Å². The summed E-state index contributed by atoms with van der Waals surface area (Å²) in [4.78, 5) is 13.3. The van der Waals surface area contributed by atoms with E-state index in [1.807, 2.05) is 48.0 Å². The van der Waals surface area contributed by atoms with Crippen LogP contribution in [0.1, 0.15) is 24.1 Å². The van der Waals surface area contributed by atoms with Crippen LogP contribution in [0.3, 0.4) is 0 Å². The summed E-state index contributed by atoms with van der Waals surface area (Å²) in [6.45, 7) is 2.53. The molecule has 3 aromatic rings. The van der Waals surface area contributed by atoms with Crippen molar-refractivity contribution in [1.29, 1.82) is 0 Å². The zero-order valence-corrected chi connectivity index (χ0v) is 16.0. The fraction of sp³-hybridized carbons (Fsp3) is 0.238. The molecule has 1 aromatic heterocycles. The standard InChI is InChI=1S/C21H22FN3OS/c1-16-14-20(25(24-16)15-17-6-3-2-4-7-17)23-21(26)8-5-13-27-19-11-9-18(22)10-12-19/h2-4,6-7,9-12,14H,5,8,13,15H2,1H3,(H,23,26). The van der Waals surface area contributed by atoms with Crippen molar-refractivity contribution in [2.75, 3.05) is 11.1 Å². The molecule has 0 unspecified atom stereocenters. The van der Waals surface area contributed by atoms with E-state index in [4.69, 9.17) is 0 Å². The SMILES string of the molecule is Cc1cc(NC(=O)CCCSc2ccc(F)cc2)n(Cc2ccccc2)n1. The number of nitrogens with one attached hydrogen (secondary N) is 1. The maximum atomic E-state index is 12.9. The molecule has 27 heavy (non-hydrogen) atoms. The molecule has 0 spiro atoms. The maximum absolute atomic E-state index is 12.9. The van der Waals surface area contributed by atoms with Crippen LogP contribution in [0.15, 0.2) is 65.6 Å². The van der Waals surface area contributed by atoms with Crippen LogP contribution in [0.4, 0.5) is 10.2 Å². The minimum Gasteiger partial charge on any atom is -0.311 e. The molecule has 6 heteroatoms. The van der Waals surface area contributed by atoms with Crippen molar-refractivity contribution in [3.05, 3.63) is 77.7 Å². The van der Waals surface area contributed by atoms with Gasteiger partial charge in [0.05, 0.1) is 12.2 Å². The van der Waals surface area contributed by atoms with Gasteiger partial charge >= 0.3 is 0 Å². The molecule has 0 bridgehead atoms. The molecule has 4 nitrogen and oxygen atoms in total. The first-order chi connectivity index (χ1) is 13.1. The normalized spacial score (nSPS) is 10.7. The van der Waals surface area contributed by atoms with Gasteiger partial charge in [0.15, 0.2) is 0 Å². The molecule has 1 heterocycles. The number of carbonyl (C=O) groups excluding carboxylic acids is 1. The van der Waals surface area contributed by atoms with E-state index in [2.05, 4.69) is 10.4 Å². The molecular weight excluding hydrogens is 361 g/mol. The van der Waals surface area contributed by atoms with E-state index in [9.17, 15) is 9.18 Å². The minimum absolute atomic E-state index is 0.0242. The lowest BCUT2D eigenvalue weighted by Gasteiger charge is -2.09. The van der Waals surface area contributed by atoms with Crippen molar-refractivity contribution in [3.63, 3.8) is 0 Å². The number of hydrogen-bond acceptors (Lipinski definition) is 3. The van der Waals surface area contributed by atoms with Gasteiger partial charge in [-0.3, -0.25) is 4.79 Å². The van der Waals surface area contributed by atoms with Crippen LogP contribution in [0.25, 0.3) is 0 Å². The fourth-order valence-corrected chi connectivity index (χ4v) is 3.53. The average Bonchev–Trinajstić information content (AvgIpc) is 3.00. The number of thioether (sulfide) groups is 1. The Morgan fingerprint density at radius 2 is 1.89 bits per heavy atom. The zero-order chi connectivity index (χ0) is 19.1. The zero-order valence-electron chi connectivity index (χ0n) is 15.2. The van der Waals surface area contributed by atoms with Gasteiger partial charge in [0.1, 0.15) is 11.6 Å². The molecule has 0 aliphatic rings. The Morgan fingerprint density at radius 1 is 1.15 bits per heavy atom. The van der Waals surface area contributed by atoms with Gasteiger partial charge in [0.2, 0.25) is 5.91 Å². The number of halogens is 1. The van der Waals surface area contributed by atoms with E-state index in [0.29, 0.717) is 18.8 Å². The predicted octanol–water partition coefficient (Wildman–Crippen LogP) is 4.89. The molecule has 1 amide bonds. The molecule has 140 valence electrons. The third-order valence-corrected chi connectivity index (χ3v) is 5.07. The second kappa shape index (κ2) is 9.37. The Labute approximate surface area is 162 Å². The summed E-state index contributed by atoms with van der Waals surface area (Å²) < 4.78 is 14.7. The summed E-state index contributed by atoms with van der Waals surface area (Å²) >= 11 is 1.62. The van der Waals surface area contributed by atoms with E-state index in [1.54, 1.807) is 23.9 Å². The van der Waals surface area contributed by atoms with E-state index in [1.165, 1.54) is 12.1 Å². The number of aryl methyl sites for hydroxylation is 1. The number of hydrogen-bond donors (Lipinski definition) is 1. The van der Waals surface area contributed by atoms with Crippen molar-refractivity contribution in [3.8, 4) is 0 Å². The molecular formula is C21H22FN3OS. The Balaban J connectivity index is 1.48. The third kappa shape index (κ3) is 5.96.